The molecule has 0 aliphatic rings. The molecular formula is C29H23ClN4O2S. The minimum atomic E-state index is -0.678. The summed E-state index contributed by atoms with van der Waals surface area (Å²) in [5.41, 5.74) is 3.86. The highest BCUT2D eigenvalue weighted by molar-refractivity contribution is 8.00. The van der Waals surface area contributed by atoms with E-state index in [1.54, 1.807) is 6.92 Å². The average Bonchev–Trinajstić information content (AvgIpc) is 2.92. The number of esters is 1. The van der Waals surface area contributed by atoms with Crippen molar-refractivity contribution in [2.45, 2.75) is 17.3 Å². The van der Waals surface area contributed by atoms with Crippen LogP contribution in [0.1, 0.15) is 17.7 Å². The van der Waals surface area contributed by atoms with E-state index in [1.165, 1.54) is 11.8 Å². The number of carbonyl (C=O) groups is 1. The molecule has 0 fully saturated rings. The van der Waals surface area contributed by atoms with Gasteiger partial charge in [-0.1, -0.05) is 96.7 Å². The Morgan fingerprint density at radius 2 is 1.57 bits per heavy atom. The summed E-state index contributed by atoms with van der Waals surface area (Å²) in [5.74, 6) is -0.0816. The Labute approximate surface area is 224 Å². The number of nitrogens with one attached hydrogen (secondary N) is 1. The maximum atomic E-state index is 13.0. The monoisotopic (exact) mass is 526 g/mol. The van der Waals surface area contributed by atoms with Crippen molar-refractivity contribution in [3.63, 3.8) is 0 Å². The largest absolute Gasteiger partial charge is 0.465 e. The smallest absolute Gasteiger partial charge is 0.324 e. The molecule has 0 aliphatic heterocycles. The van der Waals surface area contributed by atoms with Crippen LogP contribution in [0.2, 0.25) is 5.28 Å². The summed E-state index contributed by atoms with van der Waals surface area (Å²) < 4.78 is 5.40. The molecule has 8 heteroatoms. The normalized spacial score (nSPS) is 11.7. The topological polar surface area (TPSA) is 77.0 Å². The third-order valence-corrected chi connectivity index (χ3v) is 6.91. The van der Waals surface area contributed by atoms with Gasteiger partial charge in [-0.15, -0.1) is 0 Å². The fraction of sp³-hybridized carbons (Fsp3) is 0.103. The van der Waals surface area contributed by atoms with Gasteiger partial charge in [-0.3, -0.25) is 4.79 Å². The SMILES string of the molecule is CCOC(=O)C(Sc1nc(Cl)nc(Nc2ccc(-c3ccccc3)cc2)n1)c1cccc2ccccc12. The summed E-state index contributed by atoms with van der Waals surface area (Å²) in [5, 5.41) is 4.85. The Morgan fingerprint density at radius 1 is 0.865 bits per heavy atom. The van der Waals surface area contributed by atoms with Crippen LogP contribution < -0.4 is 5.32 Å². The molecule has 0 spiro atoms. The maximum Gasteiger partial charge on any atom is 0.324 e. The third kappa shape index (κ3) is 5.90. The van der Waals surface area contributed by atoms with Crippen LogP contribution in [0.15, 0.2) is 102 Å². The van der Waals surface area contributed by atoms with E-state index in [-0.39, 0.29) is 23.8 Å². The number of thioether (sulfide) groups is 1. The second kappa shape index (κ2) is 11.4. The highest BCUT2D eigenvalue weighted by Crippen LogP contribution is 2.38. The highest BCUT2D eigenvalue weighted by Gasteiger charge is 2.27. The summed E-state index contributed by atoms with van der Waals surface area (Å²) in [7, 11) is 0. The van der Waals surface area contributed by atoms with Crippen molar-refractivity contribution in [1.82, 2.24) is 15.0 Å². The highest BCUT2D eigenvalue weighted by atomic mass is 35.5. The van der Waals surface area contributed by atoms with E-state index in [9.17, 15) is 4.79 Å². The number of fused-ring (bicyclic) bond motifs is 1. The van der Waals surface area contributed by atoms with Crippen LogP contribution in [0.4, 0.5) is 11.6 Å². The number of halogens is 1. The van der Waals surface area contributed by atoms with Crippen molar-refractivity contribution in [1.29, 1.82) is 0 Å². The fourth-order valence-electron chi connectivity index (χ4n) is 3.99. The van der Waals surface area contributed by atoms with Gasteiger partial charge < -0.3 is 10.1 Å². The Kier molecular flexibility index (Phi) is 7.63. The molecule has 1 atom stereocenters. The Hall–Kier alpha value is -3.94. The first-order valence-electron chi connectivity index (χ1n) is 11.8. The first-order chi connectivity index (χ1) is 18.1. The van der Waals surface area contributed by atoms with Gasteiger partial charge in [0, 0.05) is 5.69 Å². The molecule has 1 heterocycles. The predicted molar refractivity (Wildman–Crippen MR) is 149 cm³/mol. The van der Waals surface area contributed by atoms with E-state index < -0.39 is 5.25 Å². The first kappa shape index (κ1) is 24.7. The van der Waals surface area contributed by atoms with Gasteiger partial charge >= 0.3 is 5.97 Å². The van der Waals surface area contributed by atoms with Gasteiger partial charge in [0.1, 0.15) is 5.25 Å². The minimum Gasteiger partial charge on any atom is -0.465 e. The molecule has 0 aliphatic carbocycles. The van der Waals surface area contributed by atoms with Gasteiger partial charge in [0.05, 0.1) is 6.61 Å². The summed E-state index contributed by atoms with van der Waals surface area (Å²) >= 11 is 7.44. The van der Waals surface area contributed by atoms with Gasteiger partial charge in [0.2, 0.25) is 11.2 Å². The quantitative estimate of drug-likeness (QED) is 0.166. The van der Waals surface area contributed by atoms with Crippen molar-refractivity contribution in [2.24, 2.45) is 0 Å². The van der Waals surface area contributed by atoms with Gasteiger partial charge in [0.15, 0.2) is 5.16 Å². The molecule has 1 aromatic heterocycles. The molecule has 1 N–H and O–H groups in total. The molecular weight excluding hydrogens is 504 g/mol. The van der Waals surface area contributed by atoms with Gasteiger partial charge in [-0.05, 0) is 58.1 Å². The van der Waals surface area contributed by atoms with Crippen molar-refractivity contribution >= 4 is 51.7 Å². The second-order valence-electron chi connectivity index (χ2n) is 8.10. The molecule has 0 saturated heterocycles. The molecule has 0 radical (unpaired) electrons. The molecule has 5 aromatic rings. The number of hydrogen-bond donors (Lipinski definition) is 1. The van der Waals surface area contributed by atoms with Gasteiger partial charge in [0.25, 0.3) is 0 Å². The lowest BCUT2D eigenvalue weighted by molar-refractivity contribution is -0.142. The van der Waals surface area contributed by atoms with Gasteiger partial charge in [-0.2, -0.15) is 15.0 Å². The number of carbonyl (C=O) groups excluding carboxylic acids is 1. The minimum absolute atomic E-state index is 0.0291. The zero-order valence-electron chi connectivity index (χ0n) is 20.0. The molecule has 0 saturated carbocycles. The third-order valence-electron chi connectivity index (χ3n) is 5.67. The average molecular weight is 527 g/mol. The Bertz CT molecular complexity index is 1530. The number of aromatic nitrogens is 3. The zero-order chi connectivity index (χ0) is 25.6. The second-order valence-corrected chi connectivity index (χ2v) is 9.51. The maximum absolute atomic E-state index is 13.0. The van der Waals surface area contributed by atoms with Crippen LogP contribution in [0.5, 0.6) is 0 Å². The number of rotatable bonds is 8. The van der Waals surface area contributed by atoms with E-state index in [0.717, 1.165) is 33.2 Å². The van der Waals surface area contributed by atoms with Crippen molar-refractivity contribution in [2.75, 3.05) is 11.9 Å². The van der Waals surface area contributed by atoms with Crippen molar-refractivity contribution in [3.05, 3.63) is 108 Å². The van der Waals surface area contributed by atoms with E-state index in [0.29, 0.717) is 5.16 Å². The van der Waals surface area contributed by atoms with Crippen LogP contribution in [0.3, 0.4) is 0 Å². The van der Waals surface area contributed by atoms with Crippen molar-refractivity contribution < 1.29 is 9.53 Å². The van der Waals surface area contributed by atoms with Crippen LogP contribution >= 0.6 is 23.4 Å². The molecule has 37 heavy (non-hydrogen) atoms. The Morgan fingerprint density at radius 3 is 2.35 bits per heavy atom. The van der Waals surface area contributed by atoms with Crippen molar-refractivity contribution in [3.8, 4) is 11.1 Å². The molecule has 0 amide bonds. The molecule has 1 unspecified atom stereocenters. The molecule has 4 aromatic carbocycles. The molecule has 6 nitrogen and oxygen atoms in total. The lowest BCUT2D eigenvalue weighted by atomic mass is 10.0. The summed E-state index contributed by atoms with van der Waals surface area (Å²) in [6.07, 6.45) is 0. The summed E-state index contributed by atoms with van der Waals surface area (Å²) in [6, 6.07) is 31.9. The number of nitrogens with zero attached hydrogens (tertiary/aromatic N) is 3. The van der Waals surface area contributed by atoms with E-state index in [2.05, 4.69) is 32.4 Å². The summed E-state index contributed by atoms with van der Waals surface area (Å²) in [4.78, 5) is 26.1. The fourth-order valence-corrected chi connectivity index (χ4v) is 5.18. The number of benzene rings is 4. The predicted octanol–water partition coefficient (Wildman–Crippen LogP) is 7.49. The van der Waals surface area contributed by atoms with Crippen LogP contribution in [0, 0.1) is 0 Å². The lowest BCUT2D eigenvalue weighted by Gasteiger charge is -2.17. The summed E-state index contributed by atoms with van der Waals surface area (Å²) in [6.45, 7) is 2.05. The van der Waals surface area contributed by atoms with E-state index in [1.807, 2.05) is 84.9 Å². The molecule has 184 valence electrons. The standard InChI is InChI=1S/C29H23ClN4O2S/c1-2-36-26(35)25(24-14-8-12-21-11-6-7-13-23(21)24)37-29-33-27(30)32-28(34-29)31-22-17-15-20(16-18-22)19-9-4-3-5-10-19/h3-18,25H,2H2,1H3,(H,31,32,33,34). The van der Waals surface area contributed by atoms with Crippen LogP contribution in [-0.4, -0.2) is 27.5 Å². The van der Waals surface area contributed by atoms with Crippen LogP contribution in [0.25, 0.3) is 21.9 Å². The lowest BCUT2D eigenvalue weighted by Crippen LogP contribution is -2.14. The Balaban J connectivity index is 1.42. The number of anilines is 2. The molecule has 5 rings (SSSR count). The van der Waals surface area contributed by atoms with Crippen LogP contribution in [-0.2, 0) is 9.53 Å². The molecule has 0 bridgehead atoms. The first-order valence-corrected chi connectivity index (χ1v) is 13.0. The zero-order valence-corrected chi connectivity index (χ0v) is 21.5. The van der Waals surface area contributed by atoms with E-state index in [4.69, 9.17) is 16.3 Å². The van der Waals surface area contributed by atoms with E-state index >= 15 is 0 Å². The number of ether oxygens (including phenoxy) is 1. The number of hydrogen-bond acceptors (Lipinski definition) is 7. The van der Waals surface area contributed by atoms with Gasteiger partial charge in [-0.25, -0.2) is 0 Å².